The van der Waals surface area contributed by atoms with Gasteiger partial charge in [0, 0.05) is 18.5 Å². The van der Waals surface area contributed by atoms with Crippen LogP contribution in [0.2, 0.25) is 0 Å². The van der Waals surface area contributed by atoms with Gasteiger partial charge in [-0.2, -0.15) is 0 Å². The second-order valence-corrected chi connectivity index (χ2v) is 7.34. The van der Waals surface area contributed by atoms with E-state index in [1.165, 1.54) is 7.11 Å². The van der Waals surface area contributed by atoms with Crippen LogP contribution in [0.5, 0.6) is 5.75 Å². The first-order valence-corrected chi connectivity index (χ1v) is 10.5. The van der Waals surface area contributed by atoms with E-state index in [0.29, 0.717) is 22.7 Å². The van der Waals surface area contributed by atoms with E-state index in [1.807, 2.05) is 0 Å². The van der Waals surface area contributed by atoms with Crippen molar-refractivity contribution >= 4 is 35.1 Å². The molecule has 33 heavy (non-hydrogen) atoms. The molecule has 0 bridgehead atoms. The molecule has 2 rings (SSSR count). The van der Waals surface area contributed by atoms with E-state index in [-0.39, 0.29) is 31.3 Å². The number of anilines is 2. The number of carbonyl (C=O) groups excluding carboxylic acids is 4. The van der Waals surface area contributed by atoms with Crippen molar-refractivity contribution < 1.29 is 33.4 Å². The molecule has 2 aromatic carbocycles. The number of nitrogens with one attached hydrogen (secondary N) is 2. The molecule has 0 fully saturated rings. The fourth-order valence-electron chi connectivity index (χ4n) is 2.74. The topological polar surface area (TPSA) is 120 Å². The lowest BCUT2D eigenvalue weighted by atomic mass is 10.2. The standard InChI is InChI=1S/C24H28N2O7/c1-16(2)33-24(30)17-11-13-18(14-12-17)25-21(27)9-6-10-23(29)32-15-22(28)26-19-7-4-5-8-20(19)31-3/h4-5,7-8,11-14,16H,6,9-10,15H2,1-3H3,(H,25,27)(H,26,28). The minimum Gasteiger partial charge on any atom is -0.495 e. The molecule has 0 aliphatic carbocycles. The Hall–Kier alpha value is -3.88. The SMILES string of the molecule is COc1ccccc1NC(=O)COC(=O)CCCC(=O)Nc1ccc(C(=O)OC(C)C)cc1. The summed E-state index contributed by atoms with van der Waals surface area (Å²) in [6, 6.07) is 13.2. The highest BCUT2D eigenvalue weighted by Crippen LogP contribution is 2.22. The number of methoxy groups -OCH3 is 1. The molecule has 0 saturated carbocycles. The first-order chi connectivity index (χ1) is 15.8. The number of ether oxygens (including phenoxy) is 3. The molecule has 0 atom stereocenters. The Bertz CT molecular complexity index is 971. The maximum Gasteiger partial charge on any atom is 0.338 e. The van der Waals surface area contributed by atoms with Gasteiger partial charge in [0.15, 0.2) is 6.61 Å². The highest BCUT2D eigenvalue weighted by atomic mass is 16.5. The average molecular weight is 456 g/mol. The molecule has 0 saturated heterocycles. The number of hydrogen-bond donors (Lipinski definition) is 2. The maximum absolute atomic E-state index is 12.1. The van der Waals surface area contributed by atoms with Gasteiger partial charge >= 0.3 is 11.9 Å². The van der Waals surface area contributed by atoms with Gasteiger partial charge in [-0.05, 0) is 56.7 Å². The van der Waals surface area contributed by atoms with Gasteiger partial charge in [0.2, 0.25) is 5.91 Å². The van der Waals surface area contributed by atoms with E-state index in [2.05, 4.69) is 10.6 Å². The Kier molecular flexibility index (Phi) is 9.88. The van der Waals surface area contributed by atoms with Crippen LogP contribution >= 0.6 is 0 Å². The zero-order valence-corrected chi connectivity index (χ0v) is 18.9. The van der Waals surface area contributed by atoms with Gasteiger partial charge < -0.3 is 24.8 Å². The van der Waals surface area contributed by atoms with Crippen molar-refractivity contribution in [2.45, 2.75) is 39.2 Å². The molecule has 2 amide bonds. The summed E-state index contributed by atoms with van der Waals surface area (Å²) >= 11 is 0. The van der Waals surface area contributed by atoms with E-state index in [0.717, 1.165) is 0 Å². The summed E-state index contributed by atoms with van der Waals surface area (Å²) in [7, 11) is 1.49. The fourth-order valence-corrected chi connectivity index (χ4v) is 2.74. The van der Waals surface area contributed by atoms with E-state index in [1.54, 1.807) is 62.4 Å². The van der Waals surface area contributed by atoms with Crippen LogP contribution in [0.25, 0.3) is 0 Å². The summed E-state index contributed by atoms with van der Waals surface area (Å²) in [4.78, 5) is 47.7. The monoisotopic (exact) mass is 456 g/mol. The summed E-state index contributed by atoms with van der Waals surface area (Å²) in [6.07, 6.45) is 0.136. The quantitative estimate of drug-likeness (QED) is 0.496. The van der Waals surface area contributed by atoms with Gasteiger partial charge in [-0.15, -0.1) is 0 Å². The Balaban J connectivity index is 1.67. The third-order valence-corrected chi connectivity index (χ3v) is 4.28. The number of para-hydroxylation sites is 2. The number of hydrogen-bond acceptors (Lipinski definition) is 7. The molecule has 0 heterocycles. The number of benzene rings is 2. The zero-order chi connectivity index (χ0) is 24.2. The fraction of sp³-hybridized carbons (Fsp3) is 0.333. The Morgan fingerprint density at radius 1 is 0.879 bits per heavy atom. The summed E-state index contributed by atoms with van der Waals surface area (Å²) in [5, 5.41) is 5.30. The predicted molar refractivity (Wildman–Crippen MR) is 122 cm³/mol. The normalized spacial score (nSPS) is 10.3. The molecular formula is C24H28N2O7. The van der Waals surface area contributed by atoms with Crippen LogP contribution in [0.15, 0.2) is 48.5 Å². The lowest BCUT2D eigenvalue weighted by molar-refractivity contribution is -0.147. The van der Waals surface area contributed by atoms with E-state index in [4.69, 9.17) is 14.2 Å². The third kappa shape index (κ3) is 9.02. The van der Waals surface area contributed by atoms with Crippen LogP contribution in [0.1, 0.15) is 43.5 Å². The second-order valence-electron chi connectivity index (χ2n) is 7.34. The summed E-state index contributed by atoms with van der Waals surface area (Å²) in [5.41, 5.74) is 1.39. The van der Waals surface area contributed by atoms with Gasteiger partial charge in [-0.3, -0.25) is 14.4 Å². The number of amides is 2. The maximum atomic E-state index is 12.1. The molecule has 0 spiro atoms. The van der Waals surface area contributed by atoms with Crippen molar-refractivity contribution in [2.24, 2.45) is 0 Å². The average Bonchev–Trinajstić information content (AvgIpc) is 2.78. The third-order valence-electron chi connectivity index (χ3n) is 4.28. The smallest absolute Gasteiger partial charge is 0.338 e. The van der Waals surface area contributed by atoms with Crippen molar-refractivity contribution in [3.63, 3.8) is 0 Å². The number of rotatable bonds is 11. The summed E-state index contributed by atoms with van der Waals surface area (Å²) < 4.78 is 15.2. The largest absolute Gasteiger partial charge is 0.495 e. The van der Waals surface area contributed by atoms with Crippen molar-refractivity contribution in [2.75, 3.05) is 24.4 Å². The zero-order valence-electron chi connectivity index (χ0n) is 18.9. The van der Waals surface area contributed by atoms with Gasteiger partial charge in [0.1, 0.15) is 5.75 Å². The predicted octanol–water partition coefficient (Wildman–Crippen LogP) is 3.55. The van der Waals surface area contributed by atoms with E-state index in [9.17, 15) is 19.2 Å². The second kappa shape index (κ2) is 12.8. The summed E-state index contributed by atoms with van der Waals surface area (Å²) in [6.45, 7) is 3.09. The Morgan fingerprint density at radius 3 is 2.24 bits per heavy atom. The molecular weight excluding hydrogens is 428 g/mol. The first-order valence-electron chi connectivity index (χ1n) is 10.5. The highest BCUT2D eigenvalue weighted by Gasteiger charge is 2.12. The van der Waals surface area contributed by atoms with Crippen LogP contribution in [-0.2, 0) is 23.9 Å². The minimum absolute atomic E-state index is 0.00462. The van der Waals surface area contributed by atoms with Crippen LogP contribution in [0, 0.1) is 0 Å². The molecule has 9 nitrogen and oxygen atoms in total. The van der Waals surface area contributed by atoms with Gasteiger partial charge in [-0.25, -0.2) is 4.79 Å². The van der Waals surface area contributed by atoms with Gasteiger partial charge in [0.05, 0.1) is 24.5 Å². The van der Waals surface area contributed by atoms with Crippen molar-refractivity contribution in [1.82, 2.24) is 0 Å². The Labute approximate surface area is 192 Å². The van der Waals surface area contributed by atoms with Crippen LogP contribution in [0.4, 0.5) is 11.4 Å². The Morgan fingerprint density at radius 2 is 1.58 bits per heavy atom. The lowest BCUT2D eigenvalue weighted by Crippen LogP contribution is -2.21. The van der Waals surface area contributed by atoms with Gasteiger partial charge in [0.25, 0.3) is 5.91 Å². The molecule has 0 aromatic heterocycles. The van der Waals surface area contributed by atoms with Crippen LogP contribution in [0.3, 0.4) is 0 Å². The van der Waals surface area contributed by atoms with E-state index < -0.39 is 24.5 Å². The molecule has 2 aromatic rings. The van der Waals surface area contributed by atoms with Crippen LogP contribution in [-0.4, -0.2) is 43.6 Å². The van der Waals surface area contributed by atoms with Crippen LogP contribution < -0.4 is 15.4 Å². The van der Waals surface area contributed by atoms with Crippen molar-refractivity contribution in [3.05, 3.63) is 54.1 Å². The molecule has 2 N–H and O–H groups in total. The van der Waals surface area contributed by atoms with E-state index >= 15 is 0 Å². The van der Waals surface area contributed by atoms with Crippen molar-refractivity contribution in [3.8, 4) is 5.75 Å². The number of esters is 2. The molecule has 0 aliphatic rings. The highest BCUT2D eigenvalue weighted by molar-refractivity contribution is 5.94. The lowest BCUT2D eigenvalue weighted by Gasteiger charge is -2.10. The van der Waals surface area contributed by atoms with Gasteiger partial charge in [-0.1, -0.05) is 12.1 Å². The molecule has 176 valence electrons. The number of carbonyl (C=O) groups is 4. The molecule has 0 radical (unpaired) electrons. The summed E-state index contributed by atoms with van der Waals surface area (Å²) in [5.74, 6) is -1.29. The molecule has 0 unspecified atom stereocenters. The first kappa shape index (κ1) is 25.4. The van der Waals surface area contributed by atoms with Crippen molar-refractivity contribution in [1.29, 1.82) is 0 Å². The molecule has 0 aliphatic heterocycles. The molecule has 9 heteroatoms. The minimum atomic E-state index is -0.578.